The Kier molecular flexibility index (Phi) is 10.7. The van der Waals surface area contributed by atoms with Crippen molar-refractivity contribution in [3.05, 3.63) is 42.5 Å². The summed E-state index contributed by atoms with van der Waals surface area (Å²) >= 11 is 3.70. The van der Waals surface area contributed by atoms with Crippen LogP contribution in [0.25, 0.3) is 0 Å². The molecule has 0 aromatic heterocycles. The average Bonchev–Trinajstić information content (AvgIpc) is 3.41. The first-order valence-electron chi connectivity index (χ1n) is 11.8. The highest BCUT2D eigenvalue weighted by Gasteiger charge is 2.47. The van der Waals surface area contributed by atoms with Crippen LogP contribution in [-0.4, -0.2) is 52.2 Å². The summed E-state index contributed by atoms with van der Waals surface area (Å²) in [5, 5.41) is 15.7. The molecule has 8 heteroatoms. The van der Waals surface area contributed by atoms with E-state index >= 15 is 0 Å². The van der Waals surface area contributed by atoms with Crippen LogP contribution in [0.15, 0.2) is 47.4 Å². The van der Waals surface area contributed by atoms with Gasteiger partial charge in [0, 0.05) is 40.5 Å². The van der Waals surface area contributed by atoms with Crippen molar-refractivity contribution in [1.29, 1.82) is 0 Å². The fraction of sp³-hybridized carbons (Fsp3) is 0.560. The number of benzene rings is 1. The van der Waals surface area contributed by atoms with Crippen LogP contribution in [-0.2, 0) is 14.4 Å². The van der Waals surface area contributed by atoms with Gasteiger partial charge in [-0.2, -0.15) is 11.8 Å². The van der Waals surface area contributed by atoms with Crippen LogP contribution in [0.3, 0.4) is 0 Å². The molecule has 2 fully saturated rings. The Bertz CT molecular complexity index is 818. The number of carboxylic acids is 1. The van der Waals surface area contributed by atoms with Gasteiger partial charge >= 0.3 is 5.97 Å². The van der Waals surface area contributed by atoms with E-state index in [0.29, 0.717) is 47.5 Å². The highest BCUT2D eigenvalue weighted by molar-refractivity contribution is 8.01. The largest absolute Gasteiger partial charge is 0.481 e. The number of carbonyl (C=O) groups is 3. The predicted molar refractivity (Wildman–Crippen MR) is 134 cm³/mol. The monoisotopic (exact) mass is 490 g/mol. The van der Waals surface area contributed by atoms with Crippen molar-refractivity contribution in [3.63, 3.8) is 0 Å². The zero-order valence-electron chi connectivity index (χ0n) is 18.9. The minimum atomic E-state index is -0.744. The standard InChI is InChI=1S/C25H34N2O4S2/c28-23(14-15-32-18-8-4-3-5-9-18)27-17-24(29)26-16-20-19(21-12-13-22(20)33-21)10-6-1-2-7-11-25(30)31/h1,3-6,8-9,19-22H,2,7,10-17H2,(H,26,29)(H,27,28)(H,30,31)/t19-,20+,21-,22+/m0/s1. The molecule has 180 valence electrons. The third kappa shape index (κ3) is 8.74. The predicted octanol–water partition coefficient (Wildman–Crippen LogP) is 4.11. The van der Waals surface area contributed by atoms with E-state index < -0.39 is 5.97 Å². The number of rotatable bonds is 14. The summed E-state index contributed by atoms with van der Waals surface area (Å²) in [4.78, 5) is 36.1. The topological polar surface area (TPSA) is 95.5 Å². The summed E-state index contributed by atoms with van der Waals surface area (Å²) in [5.41, 5.74) is 0. The number of nitrogens with one attached hydrogen (secondary N) is 2. The Hall–Kier alpha value is -1.93. The first-order chi connectivity index (χ1) is 16.0. The van der Waals surface area contributed by atoms with Gasteiger partial charge in [0.15, 0.2) is 0 Å². The summed E-state index contributed by atoms with van der Waals surface area (Å²) in [5.74, 6) is 0.718. The van der Waals surface area contributed by atoms with E-state index in [4.69, 9.17) is 5.11 Å². The third-order valence-electron chi connectivity index (χ3n) is 6.25. The van der Waals surface area contributed by atoms with Crippen LogP contribution in [0.5, 0.6) is 0 Å². The van der Waals surface area contributed by atoms with Crippen LogP contribution in [0, 0.1) is 11.8 Å². The zero-order valence-corrected chi connectivity index (χ0v) is 20.5. The van der Waals surface area contributed by atoms with Gasteiger partial charge < -0.3 is 15.7 Å². The van der Waals surface area contributed by atoms with Crippen molar-refractivity contribution < 1.29 is 19.5 Å². The quantitative estimate of drug-likeness (QED) is 0.206. The van der Waals surface area contributed by atoms with Crippen molar-refractivity contribution in [2.45, 2.75) is 60.3 Å². The highest BCUT2D eigenvalue weighted by atomic mass is 32.2. The second kappa shape index (κ2) is 13.7. The van der Waals surface area contributed by atoms with Crippen LogP contribution < -0.4 is 10.6 Å². The summed E-state index contributed by atoms with van der Waals surface area (Å²) in [7, 11) is 0. The Labute approximate surface area is 204 Å². The lowest BCUT2D eigenvalue weighted by Crippen LogP contribution is -2.42. The third-order valence-corrected chi connectivity index (χ3v) is 9.13. The minimum absolute atomic E-state index is 0.0247. The Morgan fingerprint density at radius 2 is 1.76 bits per heavy atom. The molecule has 0 radical (unpaired) electrons. The van der Waals surface area contributed by atoms with E-state index in [1.165, 1.54) is 12.8 Å². The van der Waals surface area contributed by atoms with Gasteiger partial charge in [0.2, 0.25) is 11.8 Å². The maximum Gasteiger partial charge on any atom is 0.303 e. The summed E-state index contributed by atoms with van der Waals surface area (Å²) in [6.07, 6.45) is 9.80. The molecule has 2 aliphatic heterocycles. The number of hydrogen-bond donors (Lipinski definition) is 3. The molecule has 2 amide bonds. The van der Waals surface area contributed by atoms with Crippen LogP contribution in [0.2, 0.25) is 0 Å². The molecule has 1 aromatic carbocycles. The molecule has 0 saturated carbocycles. The van der Waals surface area contributed by atoms with Crippen molar-refractivity contribution in [1.82, 2.24) is 10.6 Å². The summed E-state index contributed by atoms with van der Waals surface area (Å²) in [6.45, 7) is 0.682. The number of amides is 2. The Balaban J connectivity index is 1.32. The minimum Gasteiger partial charge on any atom is -0.481 e. The SMILES string of the molecule is O=C(O)CCCC=CC[C@H]1[C@@H](CNC(=O)CNC(=O)CCSc2ccccc2)[C@H]2CC[C@@H]1S2. The highest BCUT2D eigenvalue weighted by Crippen LogP contribution is 2.54. The number of allylic oxidation sites excluding steroid dienone is 2. The van der Waals surface area contributed by atoms with Crippen molar-refractivity contribution in [2.24, 2.45) is 11.8 Å². The average molecular weight is 491 g/mol. The van der Waals surface area contributed by atoms with Crippen molar-refractivity contribution >= 4 is 41.3 Å². The molecule has 0 aliphatic carbocycles. The number of hydrogen-bond acceptors (Lipinski definition) is 5. The zero-order chi connectivity index (χ0) is 23.5. The van der Waals surface area contributed by atoms with E-state index in [2.05, 4.69) is 34.5 Å². The molecule has 1 aromatic rings. The van der Waals surface area contributed by atoms with Crippen LogP contribution >= 0.6 is 23.5 Å². The number of aliphatic carboxylic acids is 1. The van der Waals surface area contributed by atoms with Crippen molar-refractivity contribution in [2.75, 3.05) is 18.8 Å². The lowest BCUT2D eigenvalue weighted by atomic mass is 9.77. The Morgan fingerprint density at radius 1 is 1.00 bits per heavy atom. The van der Waals surface area contributed by atoms with Crippen LogP contribution in [0.1, 0.15) is 44.9 Å². The molecular weight excluding hydrogens is 456 g/mol. The van der Waals surface area contributed by atoms with E-state index in [1.54, 1.807) is 11.8 Å². The van der Waals surface area contributed by atoms with Gasteiger partial charge in [-0.25, -0.2) is 0 Å². The first kappa shape index (κ1) is 25.7. The fourth-order valence-corrected chi connectivity index (χ4v) is 7.44. The van der Waals surface area contributed by atoms with Gasteiger partial charge in [-0.1, -0.05) is 30.4 Å². The smallest absolute Gasteiger partial charge is 0.303 e. The number of fused-ring (bicyclic) bond motifs is 2. The molecule has 0 unspecified atom stereocenters. The van der Waals surface area contributed by atoms with Gasteiger partial charge in [0.25, 0.3) is 0 Å². The lowest BCUT2D eigenvalue weighted by Gasteiger charge is -2.29. The lowest BCUT2D eigenvalue weighted by molar-refractivity contribution is -0.137. The molecule has 2 saturated heterocycles. The normalized spacial score (nSPS) is 23.6. The maximum absolute atomic E-state index is 12.3. The number of carboxylic acid groups (broad SMARTS) is 1. The molecule has 33 heavy (non-hydrogen) atoms. The van der Waals surface area contributed by atoms with E-state index in [-0.39, 0.29) is 24.8 Å². The molecule has 0 spiro atoms. The first-order valence-corrected chi connectivity index (χ1v) is 13.7. The van der Waals surface area contributed by atoms with E-state index in [9.17, 15) is 14.4 Å². The van der Waals surface area contributed by atoms with Crippen LogP contribution in [0.4, 0.5) is 0 Å². The number of unbranched alkanes of at least 4 members (excludes halogenated alkanes) is 1. The second-order valence-electron chi connectivity index (χ2n) is 8.60. The molecule has 2 bridgehead atoms. The maximum atomic E-state index is 12.3. The molecule has 6 nitrogen and oxygen atoms in total. The Morgan fingerprint density at radius 3 is 2.52 bits per heavy atom. The number of thioether (sulfide) groups is 2. The fourth-order valence-electron chi connectivity index (χ4n) is 4.56. The molecule has 3 rings (SSSR count). The van der Waals surface area contributed by atoms with Gasteiger partial charge in [-0.3, -0.25) is 14.4 Å². The van der Waals surface area contributed by atoms with Gasteiger partial charge in [0.05, 0.1) is 6.54 Å². The van der Waals surface area contributed by atoms with Gasteiger partial charge in [-0.15, -0.1) is 11.8 Å². The molecular formula is C25H34N2O4S2. The summed E-state index contributed by atoms with van der Waals surface area (Å²) in [6, 6.07) is 9.96. The molecule has 3 N–H and O–H groups in total. The molecule has 2 heterocycles. The molecule has 4 atom stereocenters. The summed E-state index contributed by atoms with van der Waals surface area (Å²) < 4.78 is 0. The van der Waals surface area contributed by atoms with Gasteiger partial charge in [-0.05, 0) is 56.1 Å². The second-order valence-corrected chi connectivity index (χ2v) is 11.3. The van der Waals surface area contributed by atoms with Gasteiger partial charge in [0.1, 0.15) is 0 Å². The molecule has 2 aliphatic rings. The van der Waals surface area contributed by atoms with E-state index in [0.717, 1.165) is 17.7 Å². The van der Waals surface area contributed by atoms with Crippen molar-refractivity contribution in [3.8, 4) is 0 Å². The van der Waals surface area contributed by atoms with E-state index in [1.807, 2.05) is 30.3 Å². The number of carbonyl (C=O) groups excluding carboxylic acids is 2.